The highest BCUT2D eigenvalue weighted by Gasteiger charge is 2.28. The van der Waals surface area contributed by atoms with E-state index in [0.717, 1.165) is 31.6 Å². The van der Waals surface area contributed by atoms with Crippen LogP contribution in [0.5, 0.6) is 0 Å². The molecule has 1 N–H and O–H groups in total. The normalized spacial score (nSPS) is 17.5. The first kappa shape index (κ1) is 21.6. The maximum absolute atomic E-state index is 13.7. The smallest absolute Gasteiger partial charge is 0.243 e. The lowest BCUT2D eigenvalue weighted by Crippen LogP contribution is -2.40. The Hall–Kier alpha value is -2.67. The van der Waals surface area contributed by atoms with E-state index in [1.807, 2.05) is 6.07 Å². The van der Waals surface area contributed by atoms with Crippen LogP contribution in [-0.2, 0) is 21.3 Å². The van der Waals surface area contributed by atoms with E-state index in [1.54, 1.807) is 12.1 Å². The van der Waals surface area contributed by atoms with Gasteiger partial charge in [-0.15, -0.1) is 0 Å². The van der Waals surface area contributed by atoms with E-state index >= 15 is 0 Å². The van der Waals surface area contributed by atoms with Gasteiger partial charge in [0.25, 0.3) is 0 Å². The summed E-state index contributed by atoms with van der Waals surface area (Å²) in [4.78, 5) is 2.42. The molecule has 4 rings (SSSR count). The largest absolute Gasteiger partial charge is 0.379 e. The van der Waals surface area contributed by atoms with Crippen molar-refractivity contribution in [2.24, 2.45) is 0 Å². The summed E-state index contributed by atoms with van der Waals surface area (Å²) in [5.74, 6) is -0.417. The quantitative estimate of drug-likeness (QED) is 0.737. The van der Waals surface area contributed by atoms with Crippen molar-refractivity contribution in [3.63, 3.8) is 0 Å². The van der Waals surface area contributed by atoms with E-state index in [4.69, 9.17) is 4.74 Å². The molecule has 2 fully saturated rings. The van der Waals surface area contributed by atoms with E-state index in [-0.39, 0.29) is 11.4 Å². The molecule has 2 aromatic rings. The Balaban J connectivity index is 1.66. The zero-order valence-electron chi connectivity index (χ0n) is 17.2. The Kier molecular flexibility index (Phi) is 6.41. The van der Waals surface area contributed by atoms with Gasteiger partial charge in [-0.05, 0) is 54.8 Å². The monoisotopic (exact) mass is 444 g/mol. The average Bonchev–Trinajstić information content (AvgIpc) is 3.33. The molecule has 7 nitrogen and oxygen atoms in total. The number of nitriles is 1. The molecule has 2 aliphatic heterocycles. The summed E-state index contributed by atoms with van der Waals surface area (Å²) in [7, 11) is -3.64. The van der Waals surface area contributed by atoms with Gasteiger partial charge in [0.1, 0.15) is 5.82 Å². The van der Waals surface area contributed by atoms with E-state index in [2.05, 4.69) is 16.3 Å². The molecule has 0 atom stereocenters. The van der Waals surface area contributed by atoms with E-state index in [9.17, 15) is 18.1 Å². The Morgan fingerprint density at radius 1 is 1.06 bits per heavy atom. The van der Waals surface area contributed by atoms with Crippen LogP contribution in [0.15, 0.2) is 41.3 Å². The van der Waals surface area contributed by atoms with Crippen molar-refractivity contribution in [1.82, 2.24) is 4.31 Å². The number of nitrogens with one attached hydrogen (secondary N) is 1. The van der Waals surface area contributed by atoms with Crippen LogP contribution in [0.25, 0.3) is 0 Å². The van der Waals surface area contributed by atoms with Crippen LogP contribution in [0.1, 0.15) is 24.0 Å². The predicted molar refractivity (Wildman–Crippen MR) is 116 cm³/mol. The molecule has 2 saturated heterocycles. The molecule has 2 aromatic carbocycles. The molecule has 0 bridgehead atoms. The fourth-order valence-corrected chi connectivity index (χ4v) is 5.43. The molecular formula is C22H25FN4O3S. The van der Waals surface area contributed by atoms with Crippen molar-refractivity contribution in [2.45, 2.75) is 24.3 Å². The number of ether oxygens (including phenoxy) is 1. The standard InChI is InChI=1S/C22H25FN4O3S/c23-19-4-3-17(15-24)18(13-19)16-25-21-14-20(5-6-22(21)26-7-1-2-8-26)31(28,29)27-9-11-30-12-10-27/h3-6,13-14,25H,1-2,7-12,16H2. The molecule has 0 amide bonds. The number of nitrogens with zero attached hydrogens (tertiary/aromatic N) is 3. The van der Waals surface area contributed by atoms with Gasteiger partial charge in [-0.3, -0.25) is 0 Å². The summed E-state index contributed by atoms with van der Waals surface area (Å²) in [5, 5.41) is 12.6. The van der Waals surface area contributed by atoms with Gasteiger partial charge < -0.3 is 15.0 Å². The lowest BCUT2D eigenvalue weighted by Gasteiger charge is -2.27. The first-order valence-electron chi connectivity index (χ1n) is 10.4. The number of anilines is 2. The summed E-state index contributed by atoms with van der Waals surface area (Å²) < 4.78 is 46.7. The molecule has 2 aliphatic rings. The van der Waals surface area contributed by atoms with Crippen molar-refractivity contribution < 1.29 is 17.5 Å². The number of morpholine rings is 1. The SMILES string of the molecule is N#Cc1ccc(F)cc1CNc1cc(S(=O)(=O)N2CCOCC2)ccc1N1CCCC1. The number of rotatable bonds is 6. The second kappa shape index (κ2) is 9.22. The second-order valence-corrected chi connectivity index (χ2v) is 9.59. The number of hydrogen-bond acceptors (Lipinski definition) is 6. The zero-order chi connectivity index (χ0) is 21.8. The molecule has 0 aliphatic carbocycles. The van der Waals surface area contributed by atoms with Crippen molar-refractivity contribution in [2.75, 3.05) is 49.6 Å². The minimum atomic E-state index is -3.64. The Morgan fingerprint density at radius 2 is 1.81 bits per heavy atom. The van der Waals surface area contributed by atoms with E-state index < -0.39 is 15.8 Å². The molecule has 0 radical (unpaired) electrons. The van der Waals surface area contributed by atoms with E-state index in [1.165, 1.54) is 22.5 Å². The first-order valence-corrected chi connectivity index (χ1v) is 11.8. The Morgan fingerprint density at radius 3 is 2.52 bits per heavy atom. The number of sulfonamides is 1. The van der Waals surface area contributed by atoms with Crippen LogP contribution in [0.3, 0.4) is 0 Å². The molecule has 164 valence electrons. The van der Waals surface area contributed by atoms with Crippen molar-refractivity contribution in [1.29, 1.82) is 5.26 Å². The molecule has 9 heteroatoms. The zero-order valence-corrected chi connectivity index (χ0v) is 18.0. The van der Waals surface area contributed by atoms with Gasteiger partial charge in [-0.25, -0.2) is 12.8 Å². The first-order chi connectivity index (χ1) is 15.0. The summed E-state index contributed by atoms with van der Waals surface area (Å²) in [6, 6.07) is 11.2. The molecule has 0 saturated carbocycles. The van der Waals surface area contributed by atoms with E-state index in [0.29, 0.717) is 43.1 Å². The van der Waals surface area contributed by atoms with Crippen LogP contribution in [0, 0.1) is 17.1 Å². The van der Waals surface area contributed by atoms with Crippen LogP contribution >= 0.6 is 0 Å². The van der Waals surface area contributed by atoms with Crippen LogP contribution in [-0.4, -0.2) is 52.1 Å². The summed E-state index contributed by atoms with van der Waals surface area (Å²) >= 11 is 0. The van der Waals surface area contributed by atoms with Crippen LogP contribution in [0.2, 0.25) is 0 Å². The van der Waals surface area contributed by atoms with Gasteiger partial charge in [-0.2, -0.15) is 9.57 Å². The van der Waals surface area contributed by atoms with Gasteiger partial charge in [0.05, 0.1) is 41.1 Å². The molecule has 2 heterocycles. The molecule has 0 aromatic heterocycles. The fraction of sp³-hybridized carbons (Fsp3) is 0.409. The third-order valence-electron chi connectivity index (χ3n) is 5.68. The van der Waals surface area contributed by atoms with Gasteiger partial charge in [0, 0.05) is 32.7 Å². The molecular weight excluding hydrogens is 419 g/mol. The number of benzene rings is 2. The highest BCUT2D eigenvalue weighted by Crippen LogP contribution is 2.33. The summed E-state index contributed by atoms with van der Waals surface area (Å²) in [6.07, 6.45) is 2.16. The van der Waals surface area contributed by atoms with Crippen LogP contribution < -0.4 is 10.2 Å². The Labute approximate surface area is 182 Å². The van der Waals surface area contributed by atoms with Crippen molar-refractivity contribution in [3.8, 4) is 6.07 Å². The predicted octanol–water partition coefficient (Wildman–Crippen LogP) is 2.93. The van der Waals surface area contributed by atoms with Gasteiger partial charge in [0.2, 0.25) is 10.0 Å². The highest BCUT2D eigenvalue weighted by molar-refractivity contribution is 7.89. The maximum atomic E-state index is 13.7. The van der Waals surface area contributed by atoms with Crippen molar-refractivity contribution >= 4 is 21.4 Å². The lowest BCUT2D eigenvalue weighted by atomic mass is 10.1. The minimum absolute atomic E-state index is 0.208. The minimum Gasteiger partial charge on any atom is -0.379 e. The van der Waals surface area contributed by atoms with Gasteiger partial charge in [0.15, 0.2) is 0 Å². The molecule has 0 unspecified atom stereocenters. The highest BCUT2D eigenvalue weighted by atomic mass is 32.2. The number of halogens is 1. The fourth-order valence-electron chi connectivity index (χ4n) is 4.00. The second-order valence-electron chi connectivity index (χ2n) is 7.66. The third-order valence-corrected chi connectivity index (χ3v) is 7.57. The average molecular weight is 445 g/mol. The van der Waals surface area contributed by atoms with Gasteiger partial charge in [-0.1, -0.05) is 0 Å². The number of hydrogen-bond donors (Lipinski definition) is 1. The van der Waals surface area contributed by atoms with Gasteiger partial charge >= 0.3 is 0 Å². The Bertz CT molecular complexity index is 1090. The molecule has 31 heavy (non-hydrogen) atoms. The summed E-state index contributed by atoms with van der Waals surface area (Å²) in [6.45, 7) is 3.42. The summed E-state index contributed by atoms with van der Waals surface area (Å²) in [5.41, 5.74) is 2.47. The molecule has 0 spiro atoms. The van der Waals surface area contributed by atoms with Crippen molar-refractivity contribution in [3.05, 3.63) is 53.3 Å². The topological polar surface area (TPSA) is 85.7 Å². The lowest BCUT2D eigenvalue weighted by molar-refractivity contribution is 0.0730. The van der Waals surface area contributed by atoms with Crippen LogP contribution in [0.4, 0.5) is 15.8 Å². The maximum Gasteiger partial charge on any atom is 0.243 e. The third kappa shape index (κ3) is 4.66.